The summed E-state index contributed by atoms with van der Waals surface area (Å²) in [5, 5.41) is 10.2. The molecule has 20 heavy (non-hydrogen) atoms. The summed E-state index contributed by atoms with van der Waals surface area (Å²) in [5.74, 6) is 0. The molecule has 0 saturated heterocycles. The SMILES string of the molecule is Cn1cnc(S(=O)(=O)Nc2ccc([N+](=O)[O-])cc2)c1Cl. The Labute approximate surface area is 119 Å². The van der Waals surface area contributed by atoms with Gasteiger partial charge >= 0.3 is 0 Å². The zero-order chi connectivity index (χ0) is 14.9. The minimum atomic E-state index is -3.94. The van der Waals surface area contributed by atoms with Gasteiger partial charge in [0, 0.05) is 24.9 Å². The van der Waals surface area contributed by atoms with Gasteiger partial charge in [-0.15, -0.1) is 0 Å². The number of halogens is 1. The first-order valence-corrected chi connectivity index (χ1v) is 7.11. The lowest BCUT2D eigenvalue weighted by atomic mass is 10.3. The van der Waals surface area contributed by atoms with Crippen LogP contribution in [0.25, 0.3) is 0 Å². The van der Waals surface area contributed by atoms with Crippen LogP contribution < -0.4 is 4.72 Å². The molecule has 0 bridgehead atoms. The maximum atomic E-state index is 12.0. The van der Waals surface area contributed by atoms with Crippen LogP contribution in [-0.2, 0) is 17.1 Å². The predicted molar refractivity (Wildman–Crippen MR) is 72.1 cm³/mol. The Balaban J connectivity index is 2.29. The fourth-order valence-electron chi connectivity index (χ4n) is 1.43. The van der Waals surface area contributed by atoms with Crippen molar-refractivity contribution >= 4 is 33.0 Å². The van der Waals surface area contributed by atoms with Crippen molar-refractivity contribution in [2.24, 2.45) is 7.05 Å². The molecule has 0 spiro atoms. The monoisotopic (exact) mass is 316 g/mol. The normalized spacial score (nSPS) is 11.3. The number of nitro benzene ring substituents is 1. The number of nitro groups is 1. The molecule has 0 aliphatic rings. The summed E-state index contributed by atoms with van der Waals surface area (Å²) in [4.78, 5) is 13.6. The van der Waals surface area contributed by atoms with Crippen molar-refractivity contribution in [3.8, 4) is 0 Å². The quantitative estimate of drug-likeness (QED) is 0.683. The summed E-state index contributed by atoms with van der Waals surface area (Å²) in [6, 6.07) is 4.95. The Morgan fingerprint density at radius 3 is 2.40 bits per heavy atom. The maximum absolute atomic E-state index is 12.0. The van der Waals surface area contributed by atoms with E-state index in [0.29, 0.717) is 0 Å². The van der Waals surface area contributed by atoms with Gasteiger partial charge in [-0.05, 0) is 12.1 Å². The summed E-state index contributed by atoms with van der Waals surface area (Å²) in [6.07, 6.45) is 1.27. The van der Waals surface area contributed by atoms with Gasteiger partial charge in [-0.2, -0.15) is 8.42 Å². The van der Waals surface area contributed by atoms with E-state index >= 15 is 0 Å². The lowest BCUT2D eigenvalue weighted by Gasteiger charge is -2.06. The van der Waals surface area contributed by atoms with Crippen LogP contribution in [0.15, 0.2) is 35.6 Å². The van der Waals surface area contributed by atoms with E-state index in [1.165, 1.54) is 35.2 Å². The number of non-ortho nitro benzene ring substituents is 1. The van der Waals surface area contributed by atoms with Crippen molar-refractivity contribution < 1.29 is 13.3 Å². The van der Waals surface area contributed by atoms with E-state index in [0.717, 1.165) is 0 Å². The molecule has 0 amide bonds. The third-order valence-electron chi connectivity index (χ3n) is 2.42. The Morgan fingerprint density at radius 2 is 1.95 bits per heavy atom. The highest BCUT2D eigenvalue weighted by Crippen LogP contribution is 2.22. The van der Waals surface area contributed by atoms with E-state index in [1.807, 2.05) is 0 Å². The minimum Gasteiger partial charge on any atom is -0.324 e. The number of aryl methyl sites for hydroxylation is 1. The van der Waals surface area contributed by atoms with Gasteiger partial charge in [0.15, 0.2) is 0 Å². The maximum Gasteiger partial charge on any atom is 0.282 e. The Kier molecular flexibility index (Phi) is 3.64. The van der Waals surface area contributed by atoms with Crippen molar-refractivity contribution in [3.63, 3.8) is 0 Å². The van der Waals surface area contributed by atoms with Gasteiger partial charge in [0.1, 0.15) is 5.15 Å². The van der Waals surface area contributed by atoms with Gasteiger partial charge in [-0.25, -0.2) is 4.98 Å². The number of nitrogens with one attached hydrogen (secondary N) is 1. The van der Waals surface area contributed by atoms with Gasteiger partial charge in [-0.1, -0.05) is 11.6 Å². The number of benzene rings is 1. The molecular weight excluding hydrogens is 308 g/mol. The lowest BCUT2D eigenvalue weighted by molar-refractivity contribution is -0.384. The molecule has 1 aromatic heterocycles. The molecule has 0 saturated carbocycles. The van der Waals surface area contributed by atoms with Crippen LogP contribution in [0.4, 0.5) is 11.4 Å². The van der Waals surface area contributed by atoms with Crippen molar-refractivity contribution in [1.29, 1.82) is 0 Å². The third kappa shape index (κ3) is 2.73. The molecule has 0 aliphatic carbocycles. The molecule has 2 aromatic rings. The molecule has 0 atom stereocenters. The van der Waals surface area contributed by atoms with Crippen molar-refractivity contribution in [1.82, 2.24) is 9.55 Å². The highest BCUT2D eigenvalue weighted by molar-refractivity contribution is 7.92. The largest absolute Gasteiger partial charge is 0.324 e. The third-order valence-corrected chi connectivity index (χ3v) is 4.29. The molecule has 1 heterocycles. The summed E-state index contributed by atoms with van der Waals surface area (Å²) < 4.78 is 27.7. The number of sulfonamides is 1. The van der Waals surface area contributed by atoms with Crippen LogP contribution in [0.5, 0.6) is 0 Å². The average molecular weight is 317 g/mol. The molecule has 2 rings (SSSR count). The van der Waals surface area contributed by atoms with Crippen molar-refractivity contribution in [2.45, 2.75) is 5.03 Å². The highest BCUT2D eigenvalue weighted by atomic mass is 35.5. The summed E-state index contributed by atoms with van der Waals surface area (Å²) in [5.41, 5.74) is 0.0427. The molecule has 0 unspecified atom stereocenters. The van der Waals surface area contributed by atoms with Crippen molar-refractivity contribution in [2.75, 3.05) is 4.72 Å². The number of hydrogen-bond donors (Lipinski definition) is 1. The second kappa shape index (κ2) is 5.10. The molecule has 106 valence electrons. The Morgan fingerprint density at radius 1 is 1.35 bits per heavy atom. The molecule has 0 radical (unpaired) electrons. The number of nitrogens with zero attached hydrogens (tertiary/aromatic N) is 3. The fourth-order valence-corrected chi connectivity index (χ4v) is 2.92. The number of hydrogen-bond acceptors (Lipinski definition) is 5. The standard InChI is InChI=1S/C10H9ClN4O4S/c1-14-6-12-10(9(14)11)20(18,19)13-7-2-4-8(5-3-7)15(16)17/h2-6,13H,1H3. The number of imidazole rings is 1. The van der Waals surface area contributed by atoms with E-state index in [-0.39, 0.29) is 21.6 Å². The second-order valence-electron chi connectivity index (χ2n) is 3.86. The van der Waals surface area contributed by atoms with Gasteiger partial charge < -0.3 is 4.57 Å². The van der Waals surface area contributed by atoms with E-state index in [2.05, 4.69) is 9.71 Å². The number of anilines is 1. The van der Waals surface area contributed by atoms with Crippen LogP contribution >= 0.6 is 11.6 Å². The van der Waals surface area contributed by atoms with E-state index in [9.17, 15) is 18.5 Å². The Bertz CT molecular complexity index is 754. The first-order valence-electron chi connectivity index (χ1n) is 5.25. The van der Waals surface area contributed by atoms with Gasteiger partial charge in [0.05, 0.1) is 11.3 Å². The molecule has 1 N–H and O–H groups in total. The van der Waals surface area contributed by atoms with E-state index in [1.54, 1.807) is 7.05 Å². The van der Waals surface area contributed by atoms with Crippen LogP contribution in [0.3, 0.4) is 0 Å². The number of rotatable bonds is 4. The van der Waals surface area contributed by atoms with Crippen LogP contribution in [0.1, 0.15) is 0 Å². The summed E-state index contributed by atoms with van der Waals surface area (Å²) in [7, 11) is -2.38. The molecule has 10 heteroatoms. The number of aromatic nitrogens is 2. The van der Waals surface area contributed by atoms with Crippen LogP contribution in [0, 0.1) is 10.1 Å². The molecular formula is C10H9ClN4O4S. The average Bonchev–Trinajstić information content (AvgIpc) is 2.71. The highest BCUT2D eigenvalue weighted by Gasteiger charge is 2.22. The lowest BCUT2D eigenvalue weighted by Crippen LogP contribution is -2.14. The van der Waals surface area contributed by atoms with Gasteiger partial charge in [0.25, 0.3) is 15.7 Å². The topological polar surface area (TPSA) is 107 Å². The minimum absolute atomic E-state index is 0.0283. The summed E-state index contributed by atoms with van der Waals surface area (Å²) >= 11 is 5.82. The van der Waals surface area contributed by atoms with E-state index in [4.69, 9.17) is 11.6 Å². The van der Waals surface area contributed by atoms with Gasteiger partial charge in [-0.3, -0.25) is 14.8 Å². The summed E-state index contributed by atoms with van der Waals surface area (Å²) in [6.45, 7) is 0. The van der Waals surface area contributed by atoms with Crippen LogP contribution in [-0.4, -0.2) is 22.9 Å². The van der Waals surface area contributed by atoms with Crippen molar-refractivity contribution in [3.05, 3.63) is 45.9 Å². The zero-order valence-corrected chi connectivity index (χ0v) is 11.7. The second-order valence-corrected chi connectivity index (χ2v) is 5.82. The first kappa shape index (κ1) is 14.3. The molecule has 1 aromatic carbocycles. The van der Waals surface area contributed by atoms with Gasteiger partial charge in [0.2, 0.25) is 5.03 Å². The smallest absolute Gasteiger partial charge is 0.282 e. The van der Waals surface area contributed by atoms with E-state index < -0.39 is 14.9 Å². The predicted octanol–water partition coefficient (Wildman–Crippen LogP) is 1.78. The molecule has 8 nitrogen and oxygen atoms in total. The fraction of sp³-hybridized carbons (Fsp3) is 0.100. The first-order chi connectivity index (χ1) is 9.31. The zero-order valence-electron chi connectivity index (χ0n) is 10.1. The molecule has 0 fully saturated rings. The van der Waals surface area contributed by atoms with Crippen LogP contribution in [0.2, 0.25) is 5.15 Å². The Hall–Kier alpha value is -2.13. The molecule has 0 aliphatic heterocycles.